The lowest BCUT2D eigenvalue weighted by Crippen LogP contribution is -2.21. The number of ether oxygens (including phenoxy) is 3. The third kappa shape index (κ3) is 8.00. The lowest BCUT2D eigenvalue weighted by molar-refractivity contribution is -0.114. The van der Waals surface area contributed by atoms with Crippen LogP contribution in [0.4, 0.5) is 11.4 Å². The van der Waals surface area contributed by atoms with Crippen LogP contribution in [0.5, 0.6) is 11.5 Å². The monoisotopic (exact) mass is 372 g/mol. The number of hydrogen-bond acceptors (Lipinski definition) is 5. The van der Waals surface area contributed by atoms with Crippen LogP contribution in [-0.2, 0) is 9.53 Å². The minimum Gasteiger partial charge on any atom is -0.493 e. The van der Waals surface area contributed by atoms with E-state index in [9.17, 15) is 4.79 Å². The molecule has 0 spiro atoms. The van der Waals surface area contributed by atoms with E-state index in [0.29, 0.717) is 25.7 Å². The van der Waals surface area contributed by atoms with Gasteiger partial charge >= 0.3 is 0 Å². The van der Waals surface area contributed by atoms with Crippen LogP contribution in [0.15, 0.2) is 48.5 Å². The van der Waals surface area contributed by atoms with Gasteiger partial charge in [0.2, 0.25) is 5.91 Å². The molecule has 146 valence electrons. The van der Waals surface area contributed by atoms with E-state index in [2.05, 4.69) is 24.5 Å². The number of carbonyl (C=O) groups excluding carboxylic acids is 1. The summed E-state index contributed by atoms with van der Waals surface area (Å²) < 4.78 is 16.1. The molecule has 0 aliphatic rings. The fraction of sp³-hybridized carbons (Fsp3) is 0.381. The number of benzene rings is 2. The molecule has 0 aliphatic carbocycles. The van der Waals surface area contributed by atoms with E-state index in [4.69, 9.17) is 14.2 Å². The quantitative estimate of drug-likeness (QED) is 0.587. The first kappa shape index (κ1) is 20.6. The Bertz CT molecular complexity index is 702. The normalized spacial score (nSPS) is 10.5. The highest BCUT2D eigenvalue weighted by Gasteiger charge is 2.04. The predicted molar refractivity (Wildman–Crippen MR) is 108 cm³/mol. The van der Waals surface area contributed by atoms with Crippen molar-refractivity contribution in [2.75, 3.05) is 44.1 Å². The van der Waals surface area contributed by atoms with Crippen molar-refractivity contribution in [2.24, 2.45) is 5.92 Å². The van der Waals surface area contributed by atoms with Crippen LogP contribution < -0.4 is 20.1 Å². The van der Waals surface area contributed by atoms with Crippen LogP contribution in [0.2, 0.25) is 0 Å². The Balaban J connectivity index is 1.78. The minimum atomic E-state index is -0.128. The van der Waals surface area contributed by atoms with Crippen molar-refractivity contribution >= 4 is 17.3 Å². The summed E-state index contributed by atoms with van der Waals surface area (Å²) in [5, 5.41) is 5.96. The smallest absolute Gasteiger partial charge is 0.243 e. The Hall–Kier alpha value is -2.73. The number of nitrogens with one attached hydrogen (secondary N) is 2. The molecule has 0 heterocycles. The van der Waals surface area contributed by atoms with Gasteiger partial charge in [0.25, 0.3) is 0 Å². The zero-order chi connectivity index (χ0) is 19.5. The van der Waals surface area contributed by atoms with Gasteiger partial charge in [0, 0.05) is 24.6 Å². The van der Waals surface area contributed by atoms with Crippen molar-refractivity contribution in [2.45, 2.75) is 13.8 Å². The van der Waals surface area contributed by atoms with E-state index in [1.807, 2.05) is 36.4 Å². The summed E-state index contributed by atoms with van der Waals surface area (Å²) in [6.07, 6.45) is 0. The van der Waals surface area contributed by atoms with E-state index in [1.54, 1.807) is 19.2 Å². The average molecular weight is 372 g/mol. The molecule has 0 aromatic heterocycles. The van der Waals surface area contributed by atoms with E-state index in [0.717, 1.165) is 22.9 Å². The molecule has 6 nitrogen and oxygen atoms in total. The van der Waals surface area contributed by atoms with Gasteiger partial charge in [-0.25, -0.2) is 0 Å². The summed E-state index contributed by atoms with van der Waals surface area (Å²) in [5.41, 5.74) is 1.56. The molecule has 2 rings (SSSR count). The van der Waals surface area contributed by atoms with E-state index < -0.39 is 0 Å². The highest BCUT2D eigenvalue weighted by Crippen LogP contribution is 2.18. The number of amides is 1. The standard InChI is InChI=1S/C21H28N2O4/c1-16(2)15-27-20-6-4-5-18(13-20)22-14-21(24)23-17-7-9-19(10-8-17)26-12-11-25-3/h4-10,13,16,22H,11-12,14-15H2,1-3H3,(H,23,24). The van der Waals surface area contributed by atoms with Crippen molar-refractivity contribution in [1.29, 1.82) is 0 Å². The third-order valence-corrected chi connectivity index (χ3v) is 3.56. The molecular weight excluding hydrogens is 344 g/mol. The van der Waals surface area contributed by atoms with Gasteiger partial charge in [-0.15, -0.1) is 0 Å². The fourth-order valence-corrected chi connectivity index (χ4v) is 2.22. The van der Waals surface area contributed by atoms with Gasteiger partial charge in [-0.3, -0.25) is 4.79 Å². The topological polar surface area (TPSA) is 68.8 Å². The van der Waals surface area contributed by atoms with Gasteiger partial charge in [-0.1, -0.05) is 19.9 Å². The minimum absolute atomic E-state index is 0.128. The van der Waals surface area contributed by atoms with Crippen LogP contribution >= 0.6 is 0 Å². The van der Waals surface area contributed by atoms with Gasteiger partial charge in [0.1, 0.15) is 18.1 Å². The Morgan fingerprint density at radius 2 is 1.74 bits per heavy atom. The molecule has 0 bridgehead atoms. The van der Waals surface area contributed by atoms with Crippen LogP contribution in [0.1, 0.15) is 13.8 Å². The number of hydrogen-bond donors (Lipinski definition) is 2. The second-order valence-corrected chi connectivity index (χ2v) is 6.50. The molecule has 0 aliphatic heterocycles. The van der Waals surface area contributed by atoms with Gasteiger partial charge in [0.05, 0.1) is 19.8 Å². The maximum absolute atomic E-state index is 12.1. The van der Waals surface area contributed by atoms with Crippen LogP contribution in [0.3, 0.4) is 0 Å². The Kier molecular flexibility index (Phi) is 8.45. The maximum atomic E-state index is 12.1. The van der Waals surface area contributed by atoms with Crippen LogP contribution in [-0.4, -0.2) is 39.4 Å². The fourth-order valence-electron chi connectivity index (χ4n) is 2.22. The predicted octanol–water partition coefficient (Wildman–Crippen LogP) is 3.80. The van der Waals surface area contributed by atoms with Crippen molar-refractivity contribution < 1.29 is 19.0 Å². The molecule has 0 atom stereocenters. The highest BCUT2D eigenvalue weighted by atomic mass is 16.5. The summed E-state index contributed by atoms with van der Waals surface area (Å²) in [7, 11) is 1.63. The molecule has 0 saturated heterocycles. The largest absolute Gasteiger partial charge is 0.493 e. The van der Waals surface area contributed by atoms with Crippen molar-refractivity contribution in [3.8, 4) is 11.5 Å². The first-order chi connectivity index (χ1) is 13.1. The average Bonchev–Trinajstić information content (AvgIpc) is 2.67. The first-order valence-corrected chi connectivity index (χ1v) is 9.05. The summed E-state index contributed by atoms with van der Waals surface area (Å²) in [5.74, 6) is 1.86. The first-order valence-electron chi connectivity index (χ1n) is 9.05. The number of carbonyl (C=O) groups is 1. The van der Waals surface area contributed by atoms with Gasteiger partial charge in [-0.2, -0.15) is 0 Å². The molecule has 0 radical (unpaired) electrons. The molecule has 6 heteroatoms. The Labute approximate surface area is 160 Å². The van der Waals surface area contributed by atoms with E-state index in [-0.39, 0.29) is 12.5 Å². The molecule has 2 N–H and O–H groups in total. The van der Waals surface area contributed by atoms with E-state index >= 15 is 0 Å². The second kappa shape index (κ2) is 11.1. The SMILES string of the molecule is COCCOc1ccc(NC(=O)CNc2cccc(OCC(C)C)c2)cc1. The van der Waals surface area contributed by atoms with E-state index in [1.165, 1.54) is 0 Å². The molecule has 0 unspecified atom stereocenters. The molecule has 0 fully saturated rings. The highest BCUT2D eigenvalue weighted by molar-refractivity contribution is 5.93. The zero-order valence-electron chi connectivity index (χ0n) is 16.2. The van der Waals surface area contributed by atoms with Gasteiger partial charge < -0.3 is 24.8 Å². The lowest BCUT2D eigenvalue weighted by Gasteiger charge is -2.12. The van der Waals surface area contributed by atoms with Crippen molar-refractivity contribution in [1.82, 2.24) is 0 Å². The number of methoxy groups -OCH3 is 1. The van der Waals surface area contributed by atoms with Gasteiger partial charge in [-0.05, 0) is 42.3 Å². The molecule has 2 aromatic carbocycles. The molecule has 2 aromatic rings. The maximum Gasteiger partial charge on any atom is 0.243 e. The molecule has 0 saturated carbocycles. The summed E-state index contributed by atoms with van der Waals surface area (Å²) >= 11 is 0. The van der Waals surface area contributed by atoms with Crippen molar-refractivity contribution in [3.63, 3.8) is 0 Å². The second-order valence-electron chi connectivity index (χ2n) is 6.50. The lowest BCUT2D eigenvalue weighted by atomic mass is 10.2. The summed E-state index contributed by atoms with van der Waals surface area (Å²) in [4.78, 5) is 12.1. The van der Waals surface area contributed by atoms with Gasteiger partial charge in [0.15, 0.2) is 0 Å². The summed E-state index contributed by atoms with van der Waals surface area (Å²) in [6, 6.07) is 14.8. The molecular formula is C21H28N2O4. The molecule has 1 amide bonds. The molecule has 27 heavy (non-hydrogen) atoms. The third-order valence-electron chi connectivity index (χ3n) is 3.56. The number of rotatable bonds is 11. The number of anilines is 2. The van der Waals surface area contributed by atoms with Crippen LogP contribution in [0, 0.1) is 5.92 Å². The zero-order valence-corrected chi connectivity index (χ0v) is 16.2. The van der Waals surface area contributed by atoms with Crippen molar-refractivity contribution in [3.05, 3.63) is 48.5 Å². The van der Waals surface area contributed by atoms with Crippen LogP contribution in [0.25, 0.3) is 0 Å². The Morgan fingerprint density at radius 1 is 0.963 bits per heavy atom. The Morgan fingerprint density at radius 3 is 2.44 bits per heavy atom. The summed E-state index contributed by atoms with van der Waals surface area (Å²) in [6.45, 7) is 6.06.